The van der Waals surface area contributed by atoms with Crippen LogP contribution in [0.5, 0.6) is 0 Å². The van der Waals surface area contributed by atoms with Gasteiger partial charge in [0.25, 0.3) is 0 Å². The van der Waals surface area contributed by atoms with Gasteiger partial charge < -0.3 is 0 Å². The summed E-state index contributed by atoms with van der Waals surface area (Å²) in [5, 5.41) is 3.53. The summed E-state index contributed by atoms with van der Waals surface area (Å²) in [6, 6.07) is 7.65. The molecule has 6 heteroatoms. The first kappa shape index (κ1) is 13.8. The van der Waals surface area contributed by atoms with Crippen molar-refractivity contribution in [1.29, 1.82) is 0 Å². The molecule has 2 aromatic rings. The van der Waals surface area contributed by atoms with E-state index in [2.05, 4.69) is 15.3 Å². The van der Waals surface area contributed by atoms with Gasteiger partial charge in [0, 0.05) is 36.6 Å². The van der Waals surface area contributed by atoms with Gasteiger partial charge in [-0.05, 0) is 19.1 Å². The quantitative estimate of drug-likeness (QED) is 0.731. The number of nitrogens with one attached hydrogen (secondary N) is 1. The molecule has 0 aromatic carbocycles. The second-order valence-corrected chi connectivity index (χ2v) is 6.78. The molecule has 1 spiro atoms. The third-order valence-electron chi connectivity index (χ3n) is 5.68. The number of hydrogen-bond donors (Lipinski definition) is 1. The van der Waals surface area contributed by atoms with E-state index in [9.17, 15) is 9.59 Å². The van der Waals surface area contributed by atoms with Gasteiger partial charge in [0.05, 0.1) is 23.2 Å². The molecule has 5 rings (SSSR count). The van der Waals surface area contributed by atoms with Crippen molar-refractivity contribution in [2.24, 2.45) is 11.8 Å². The molecule has 0 radical (unpaired) electrons. The fourth-order valence-electron chi connectivity index (χ4n) is 4.75. The molecule has 6 nitrogen and oxygen atoms in total. The lowest BCUT2D eigenvalue weighted by molar-refractivity contribution is -0.139. The van der Waals surface area contributed by atoms with Gasteiger partial charge in [-0.1, -0.05) is 12.1 Å². The molecular weight excluding hydrogens is 304 g/mol. The van der Waals surface area contributed by atoms with E-state index in [-0.39, 0.29) is 23.8 Å². The molecule has 1 N–H and O–H groups in total. The van der Waals surface area contributed by atoms with Crippen LogP contribution in [0.3, 0.4) is 0 Å². The lowest BCUT2D eigenvalue weighted by Gasteiger charge is -2.30. The number of carbonyl (C=O) groups is 2. The number of likely N-dealkylation sites (tertiary alicyclic amines) is 1. The van der Waals surface area contributed by atoms with Gasteiger partial charge in [-0.15, -0.1) is 0 Å². The van der Waals surface area contributed by atoms with E-state index in [4.69, 9.17) is 0 Å². The first-order valence-electron chi connectivity index (χ1n) is 8.08. The van der Waals surface area contributed by atoms with Gasteiger partial charge in [-0.25, -0.2) is 0 Å². The van der Waals surface area contributed by atoms with Crippen LogP contribution >= 0.6 is 0 Å². The van der Waals surface area contributed by atoms with Gasteiger partial charge in [-0.2, -0.15) is 0 Å². The highest BCUT2D eigenvalue weighted by molar-refractivity contribution is 6.07. The van der Waals surface area contributed by atoms with Crippen molar-refractivity contribution in [2.45, 2.75) is 18.5 Å². The Balaban J connectivity index is 1.85. The molecule has 3 aliphatic rings. The molecule has 1 unspecified atom stereocenters. The second kappa shape index (κ2) is 4.27. The van der Waals surface area contributed by atoms with Gasteiger partial charge in [-0.3, -0.25) is 29.8 Å². The van der Waals surface area contributed by atoms with Gasteiger partial charge in [0.15, 0.2) is 0 Å². The highest BCUT2D eigenvalue weighted by Crippen LogP contribution is 2.57. The maximum absolute atomic E-state index is 12.9. The Bertz CT molecular complexity index is 864. The minimum absolute atomic E-state index is 0.122. The van der Waals surface area contributed by atoms with Crippen LogP contribution in [0, 0.1) is 11.8 Å². The van der Waals surface area contributed by atoms with E-state index >= 15 is 0 Å². The molecular formula is C18H16N4O2. The fourth-order valence-corrected chi connectivity index (χ4v) is 4.75. The monoisotopic (exact) mass is 320 g/mol. The van der Waals surface area contributed by atoms with Crippen LogP contribution < -0.4 is 5.32 Å². The van der Waals surface area contributed by atoms with E-state index in [1.165, 1.54) is 4.90 Å². The summed E-state index contributed by atoms with van der Waals surface area (Å²) in [6.45, 7) is 1.96. The normalized spacial score (nSPS) is 29.1. The Morgan fingerprint density at radius 2 is 1.62 bits per heavy atom. The van der Waals surface area contributed by atoms with Crippen molar-refractivity contribution < 1.29 is 9.59 Å². The fraction of sp³-hybridized carbons (Fsp3) is 0.333. The lowest BCUT2D eigenvalue weighted by Crippen LogP contribution is -2.48. The predicted octanol–water partition coefficient (Wildman–Crippen LogP) is 0.923. The number of hydrogen-bond acceptors (Lipinski definition) is 5. The van der Waals surface area contributed by atoms with Gasteiger partial charge >= 0.3 is 0 Å². The number of amides is 2. The average molecular weight is 320 g/mol. The van der Waals surface area contributed by atoms with Crippen molar-refractivity contribution >= 4 is 11.8 Å². The Labute approximate surface area is 138 Å². The van der Waals surface area contributed by atoms with E-state index in [1.54, 1.807) is 19.4 Å². The molecule has 0 saturated carbocycles. The van der Waals surface area contributed by atoms with E-state index < -0.39 is 11.5 Å². The van der Waals surface area contributed by atoms with E-state index in [0.717, 1.165) is 22.5 Å². The Morgan fingerprint density at radius 1 is 1.04 bits per heavy atom. The molecule has 2 amide bonds. The Kier molecular flexibility index (Phi) is 2.46. The zero-order valence-electron chi connectivity index (χ0n) is 13.4. The molecule has 24 heavy (non-hydrogen) atoms. The number of rotatable bonds is 0. The topological polar surface area (TPSA) is 75.2 Å². The molecule has 2 aliphatic heterocycles. The predicted molar refractivity (Wildman–Crippen MR) is 85.6 cm³/mol. The third kappa shape index (κ3) is 1.33. The SMILES string of the molecule is CC1NC2(c3ncccc3-c3cccnc32)[C@@H]2C(=O)N(C)C(=O)[C@H]12. The summed E-state index contributed by atoms with van der Waals surface area (Å²) in [7, 11) is 1.57. The van der Waals surface area contributed by atoms with Crippen LogP contribution in [-0.2, 0) is 15.1 Å². The maximum atomic E-state index is 12.9. The summed E-state index contributed by atoms with van der Waals surface area (Å²) in [4.78, 5) is 36.0. The van der Waals surface area contributed by atoms with E-state index in [1.807, 2.05) is 31.2 Å². The van der Waals surface area contributed by atoms with E-state index in [0.29, 0.717) is 0 Å². The summed E-state index contributed by atoms with van der Waals surface area (Å²) >= 11 is 0. The number of fused-ring (bicyclic) bond motifs is 7. The Hall–Kier alpha value is -2.60. The molecule has 3 atom stereocenters. The molecule has 4 heterocycles. The minimum atomic E-state index is -0.825. The van der Waals surface area contributed by atoms with Crippen molar-refractivity contribution in [3.05, 3.63) is 48.0 Å². The lowest BCUT2D eigenvalue weighted by atomic mass is 9.78. The summed E-state index contributed by atoms with van der Waals surface area (Å²) < 4.78 is 0. The van der Waals surface area contributed by atoms with Crippen molar-refractivity contribution in [2.75, 3.05) is 7.05 Å². The standard InChI is InChI=1S/C18H16N4O2/c1-9-12-13(17(24)22(2)16(12)23)18(21-9)14-10(5-3-7-19-14)11-6-4-8-20-15(11)18/h3-9,12-13,21H,1-2H3/t9?,12-,13+/m1/s1. The number of pyridine rings is 2. The number of aromatic nitrogens is 2. The molecule has 120 valence electrons. The van der Waals surface area contributed by atoms with Crippen LogP contribution in [0.4, 0.5) is 0 Å². The summed E-state index contributed by atoms with van der Waals surface area (Å²) in [6.07, 6.45) is 3.47. The highest BCUT2D eigenvalue weighted by Gasteiger charge is 2.68. The molecule has 0 bridgehead atoms. The van der Waals surface area contributed by atoms with Crippen LogP contribution in [0.2, 0.25) is 0 Å². The minimum Gasteiger partial charge on any atom is -0.297 e. The van der Waals surface area contributed by atoms with Crippen molar-refractivity contribution in [3.8, 4) is 11.1 Å². The van der Waals surface area contributed by atoms with Crippen LogP contribution in [0.25, 0.3) is 11.1 Å². The molecule has 2 fully saturated rings. The second-order valence-electron chi connectivity index (χ2n) is 6.78. The van der Waals surface area contributed by atoms with Crippen molar-refractivity contribution in [3.63, 3.8) is 0 Å². The summed E-state index contributed by atoms with van der Waals surface area (Å²) in [5.41, 5.74) is 2.74. The number of nitrogens with zero attached hydrogens (tertiary/aromatic N) is 3. The average Bonchev–Trinajstić information content (AvgIpc) is 3.15. The Morgan fingerprint density at radius 3 is 2.21 bits per heavy atom. The first-order chi connectivity index (χ1) is 11.6. The van der Waals surface area contributed by atoms with Crippen LogP contribution in [0.1, 0.15) is 18.3 Å². The van der Waals surface area contributed by atoms with Crippen LogP contribution in [0.15, 0.2) is 36.7 Å². The van der Waals surface area contributed by atoms with Crippen LogP contribution in [-0.4, -0.2) is 39.8 Å². The third-order valence-corrected chi connectivity index (χ3v) is 5.68. The van der Waals surface area contributed by atoms with Crippen molar-refractivity contribution in [1.82, 2.24) is 20.2 Å². The molecule has 2 aromatic heterocycles. The number of imide groups is 1. The largest absolute Gasteiger partial charge is 0.297 e. The van der Waals surface area contributed by atoms with Gasteiger partial charge in [0.2, 0.25) is 11.8 Å². The first-order valence-corrected chi connectivity index (χ1v) is 8.08. The zero-order valence-corrected chi connectivity index (χ0v) is 13.4. The number of carbonyl (C=O) groups excluding carboxylic acids is 2. The maximum Gasteiger partial charge on any atom is 0.235 e. The zero-order chi connectivity index (χ0) is 16.6. The molecule has 1 aliphatic carbocycles. The highest BCUT2D eigenvalue weighted by atomic mass is 16.2. The smallest absolute Gasteiger partial charge is 0.235 e. The molecule has 2 saturated heterocycles. The summed E-state index contributed by atoms with van der Waals surface area (Å²) in [5.74, 6) is -1.17. The van der Waals surface area contributed by atoms with Gasteiger partial charge in [0.1, 0.15) is 5.54 Å².